The number of rotatable bonds is 10. The molecule has 12 fully saturated rings. The van der Waals surface area contributed by atoms with E-state index in [9.17, 15) is 33.9 Å². The van der Waals surface area contributed by atoms with Gasteiger partial charge in [-0.1, -0.05) is 31.0 Å². The Hall–Kier alpha value is -7.18. The maximum absolute atomic E-state index is 12.2. The molecule has 4 aliphatic carbocycles. The largest absolute Gasteiger partial charge is 0.461 e. The van der Waals surface area contributed by atoms with Gasteiger partial charge in [-0.05, 0) is 81.7 Å². The first kappa shape index (κ1) is 66.7. The van der Waals surface area contributed by atoms with Crippen molar-refractivity contribution in [2.45, 2.75) is 262 Å². The second-order valence-corrected chi connectivity index (χ2v) is 27.8. The van der Waals surface area contributed by atoms with Gasteiger partial charge in [0.05, 0.1) is 25.3 Å². The molecule has 8 saturated heterocycles. The maximum atomic E-state index is 12.2. The molecule has 14 heterocycles. The molecular formula is C63H80N14O21. The average Bonchev–Trinajstić information content (AvgIpc) is 1.56. The topological polar surface area (TPSA) is 426 Å². The lowest BCUT2D eigenvalue weighted by molar-refractivity contribution is -0.237. The van der Waals surface area contributed by atoms with Crippen molar-refractivity contribution in [3.63, 3.8) is 0 Å². The molecule has 0 radical (unpaired) electrons. The van der Waals surface area contributed by atoms with Gasteiger partial charge < -0.3 is 71.4 Å². The second kappa shape index (κ2) is 25.5. The predicted octanol–water partition coefficient (Wildman–Crippen LogP) is 4.48. The summed E-state index contributed by atoms with van der Waals surface area (Å²) in [5.41, 5.74) is 11.4. The van der Waals surface area contributed by atoms with E-state index in [0.29, 0.717) is 25.5 Å². The van der Waals surface area contributed by atoms with Crippen LogP contribution in [0, 0.1) is 0 Å². The van der Waals surface area contributed by atoms with Crippen LogP contribution in [0.1, 0.15) is 168 Å². The highest BCUT2D eigenvalue weighted by molar-refractivity contribution is 5.18. The van der Waals surface area contributed by atoms with Crippen molar-refractivity contribution in [1.82, 2.24) is 38.2 Å². The SMILES string of the molecule is CCC1(CC)O[C@@H](n2ccc(=O)[nH]c2=O)[C@@H]2OC3(CCCC3)O[C@@H]21.CC[C@]12COc3nc(=O)ccn3[C@H](O1)[C@@H]1OC3(CCCC3)O[C@@H]12.[N-]=[N+]=NC[C@]1(CO)OC(n2ccc(=O)[nH]c2=O)[C@@H]2OC3(CCCC3)O[C@@H]21.[N-]=[N+]=NC[C@]12COc3nc(=O)ccn3[C@H](O1)[C@@H]1OC3(CCCC3)O[C@@H]12. The Bertz CT molecular complexity index is 4140. The van der Waals surface area contributed by atoms with Gasteiger partial charge in [-0.15, -0.1) is 0 Å². The molecule has 14 aliphatic rings. The van der Waals surface area contributed by atoms with Gasteiger partial charge in [-0.25, -0.2) is 9.59 Å². The van der Waals surface area contributed by atoms with E-state index in [2.05, 4.69) is 60.8 Å². The number of ether oxygens (including phenoxy) is 14. The van der Waals surface area contributed by atoms with Gasteiger partial charge in [0.25, 0.3) is 22.2 Å². The highest BCUT2D eigenvalue weighted by Crippen LogP contribution is 2.59. The van der Waals surface area contributed by atoms with E-state index in [1.165, 1.54) is 45.8 Å². The number of hydrogen-bond donors (Lipinski definition) is 3. The number of fused-ring (bicyclic) bond motifs is 16. The summed E-state index contributed by atoms with van der Waals surface area (Å²) < 4.78 is 93.0. The third-order valence-corrected chi connectivity index (χ3v) is 22.2. The fourth-order valence-electron chi connectivity index (χ4n) is 17.2. The fourth-order valence-corrected chi connectivity index (χ4v) is 17.2. The summed E-state index contributed by atoms with van der Waals surface area (Å²) in [6.45, 7) is 6.01. The molecule has 4 saturated carbocycles. The number of hydrogen-bond acceptors (Lipinski definition) is 25. The van der Waals surface area contributed by atoms with Crippen LogP contribution < -0.4 is 43.1 Å². The van der Waals surface area contributed by atoms with Gasteiger partial charge >= 0.3 is 23.4 Å². The lowest BCUT2D eigenvalue weighted by Crippen LogP contribution is -2.50. The van der Waals surface area contributed by atoms with Gasteiger partial charge in [0.15, 0.2) is 48.1 Å². The third-order valence-electron chi connectivity index (χ3n) is 22.2. The molecule has 4 aromatic heterocycles. The zero-order valence-corrected chi connectivity index (χ0v) is 54.5. The van der Waals surface area contributed by atoms with E-state index >= 15 is 0 Å². The summed E-state index contributed by atoms with van der Waals surface area (Å²) in [5.74, 6) is -2.37. The molecule has 4 aromatic rings. The minimum absolute atomic E-state index is 0.0549. The fraction of sp³-hybridized carbons (Fsp3) is 0.746. The molecule has 18 rings (SSSR count). The molecule has 35 nitrogen and oxygen atoms in total. The van der Waals surface area contributed by atoms with E-state index < -0.39 is 112 Å². The zero-order valence-electron chi connectivity index (χ0n) is 54.5. The molecule has 1 unspecified atom stereocenters. The van der Waals surface area contributed by atoms with Crippen molar-refractivity contribution < 1.29 is 71.4 Å². The Labute approximate surface area is 557 Å². The number of aromatic amines is 2. The normalized spacial score (nSPS) is 36.1. The van der Waals surface area contributed by atoms with Crippen molar-refractivity contribution in [3.05, 3.63) is 132 Å². The molecule has 10 aliphatic heterocycles. The van der Waals surface area contributed by atoms with Crippen LogP contribution in [0.25, 0.3) is 20.9 Å². The molecule has 0 amide bonds. The zero-order chi connectivity index (χ0) is 68.0. The van der Waals surface area contributed by atoms with E-state index in [1.807, 2.05) is 0 Å². The van der Waals surface area contributed by atoms with Gasteiger partial charge in [-0.2, -0.15) is 9.97 Å². The number of aromatic nitrogens is 8. The van der Waals surface area contributed by atoms with Gasteiger partial charge in [0.1, 0.15) is 78.8 Å². The number of aliphatic hydroxyl groups excluding tert-OH is 1. The minimum Gasteiger partial charge on any atom is -0.461 e. The smallest absolute Gasteiger partial charge is 0.330 e. The molecule has 35 heteroatoms. The Kier molecular flexibility index (Phi) is 17.3. The molecule has 4 spiro atoms. The average molecular weight is 1370 g/mol. The molecule has 3 N–H and O–H groups in total. The predicted molar refractivity (Wildman–Crippen MR) is 332 cm³/mol. The van der Waals surface area contributed by atoms with Crippen LogP contribution in [0.2, 0.25) is 0 Å². The molecular weight excluding hydrogens is 1290 g/mol. The minimum atomic E-state index is -1.33. The summed E-state index contributed by atoms with van der Waals surface area (Å²) in [6.07, 6.45) is 18.0. The Balaban J connectivity index is 0.000000107. The highest BCUT2D eigenvalue weighted by atomic mass is 16.8. The van der Waals surface area contributed by atoms with Crippen molar-refractivity contribution in [1.29, 1.82) is 0 Å². The standard InChI is InChI=1S/C17H24N2O5.C16H20N2O5.C15H19N5O6.C15H17N5O5/c1-3-16(4-2)13-12(22-17(23-13)8-5-6-9-17)14(24-16)19-10-7-11(20)18-15(19)21;1-2-15-9-20-14-17-10(19)5-8-18(14)13(23-15)11-12(15)22-16(21-11)6-3-4-7-16;16-19-17-7-14(8-21)11-10(24-15(25-11)4-1-2-5-15)12(26-14)20-6-3-9(22)18-13(20)23;16-19-17-7-14-8-22-13-18-9(21)3-6-20(13)12(25-14)10-11(14)24-15(23-10)4-1-2-5-15/h7,10,12-14H,3-6,8-9H2,1-2H3,(H,18,20,21);5,8,11-13H,2-4,6-7,9H2,1H3;3,6,10-12,21H,1-2,4-5,7-8H2,(H,18,22,23);3,6,10-12H,1-2,4-5,7-8H2/t12-,13+,14-;11-,12+,13-,15-;10-,11+,12?,14-;10-,11+,12-,14-/m1111/s1. The third kappa shape index (κ3) is 11.2. The van der Waals surface area contributed by atoms with Crippen LogP contribution in [0.4, 0.5) is 0 Å². The molecule has 528 valence electrons. The Morgan fingerprint density at radius 1 is 0.459 bits per heavy atom. The van der Waals surface area contributed by atoms with Crippen molar-refractivity contribution in [2.24, 2.45) is 10.2 Å². The lowest BCUT2D eigenvalue weighted by atomic mass is 9.90. The van der Waals surface area contributed by atoms with Crippen LogP contribution >= 0.6 is 0 Å². The van der Waals surface area contributed by atoms with Gasteiger partial charge in [-0.3, -0.25) is 47.4 Å². The Morgan fingerprint density at radius 2 is 0.816 bits per heavy atom. The lowest BCUT2D eigenvalue weighted by Gasteiger charge is -2.34. The van der Waals surface area contributed by atoms with Crippen molar-refractivity contribution in [2.75, 3.05) is 32.9 Å². The summed E-state index contributed by atoms with van der Waals surface area (Å²) in [7, 11) is 0. The summed E-state index contributed by atoms with van der Waals surface area (Å²) >= 11 is 0. The molecule has 0 aromatic carbocycles. The monoisotopic (exact) mass is 1370 g/mol. The second-order valence-electron chi connectivity index (χ2n) is 27.8. The van der Waals surface area contributed by atoms with Crippen LogP contribution in [0.15, 0.2) is 88.0 Å². The Morgan fingerprint density at radius 3 is 1.22 bits per heavy atom. The van der Waals surface area contributed by atoms with E-state index in [-0.39, 0.29) is 73.6 Å². The number of nitrogens with zero attached hydrogens (tertiary/aromatic N) is 12. The highest BCUT2D eigenvalue weighted by Gasteiger charge is 2.70. The number of aliphatic hydroxyl groups is 1. The number of H-pyrrole nitrogens is 2. The number of nitrogens with one attached hydrogen (secondary N) is 2. The molecule has 4 bridgehead atoms. The first-order chi connectivity index (χ1) is 47.3. The van der Waals surface area contributed by atoms with E-state index in [1.54, 1.807) is 21.5 Å². The van der Waals surface area contributed by atoms with E-state index in [4.69, 9.17) is 77.4 Å². The molecule has 15 atom stereocenters. The van der Waals surface area contributed by atoms with Gasteiger partial charge in [0, 0.05) is 110 Å². The summed E-state index contributed by atoms with van der Waals surface area (Å²) in [5, 5.41) is 17.3. The van der Waals surface area contributed by atoms with Crippen LogP contribution in [0.3, 0.4) is 0 Å². The summed E-state index contributed by atoms with van der Waals surface area (Å²) in [4.78, 5) is 88.3. The van der Waals surface area contributed by atoms with Gasteiger partial charge in [0.2, 0.25) is 0 Å². The quantitative estimate of drug-likeness (QED) is 0.112. The van der Waals surface area contributed by atoms with Crippen molar-refractivity contribution in [3.8, 4) is 12.0 Å². The van der Waals surface area contributed by atoms with E-state index in [0.717, 1.165) is 109 Å². The first-order valence-electron chi connectivity index (χ1n) is 34.2. The van der Waals surface area contributed by atoms with Crippen molar-refractivity contribution >= 4 is 0 Å². The van der Waals surface area contributed by atoms with Crippen LogP contribution in [-0.2, 0) is 56.8 Å². The first-order valence-corrected chi connectivity index (χ1v) is 34.2. The number of azide groups is 2. The maximum Gasteiger partial charge on any atom is 0.330 e. The van der Waals surface area contributed by atoms with Crippen LogP contribution in [-0.4, -0.2) is 171 Å². The molecule has 98 heavy (non-hydrogen) atoms. The van der Waals surface area contributed by atoms with Crippen LogP contribution in [0.5, 0.6) is 12.0 Å². The summed E-state index contributed by atoms with van der Waals surface area (Å²) in [6, 6.07) is 5.78.